The standard InChI is InChI=1S/C13H17N3O4/c1-13(2,3)20-12(17)15-6-4-5-10-7-11(16(18)19)9-14-8-10/h4-5,7-9H,6H2,1-3H3,(H,15,17)/b5-4+. The maximum Gasteiger partial charge on any atom is 0.407 e. The van der Waals surface area contributed by atoms with E-state index in [1.165, 1.54) is 18.5 Å². The van der Waals surface area contributed by atoms with Crippen molar-refractivity contribution in [1.82, 2.24) is 10.3 Å². The van der Waals surface area contributed by atoms with Crippen LogP contribution < -0.4 is 5.32 Å². The zero-order valence-electron chi connectivity index (χ0n) is 11.6. The fraction of sp³-hybridized carbons (Fsp3) is 0.385. The Hall–Kier alpha value is -2.44. The van der Waals surface area contributed by atoms with E-state index in [-0.39, 0.29) is 12.2 Å². The first-order valence-corrected chi connectivity index (χ1v) is 6.01. The molecule has 1 amide bonds. The molecule has 0 saturated heterocycles. The van der Waals surface area contributed by atoms with Crippen LogP contribution in [-0.4, -0.2) is 28.1 Å². The second kappa shape index (κ2) is 6.65. The van der Waals surface area contributed by atoms with Crippen LogP contribution in [0.5, 0.6) is 0 Å². The Morgan fingerprint density at radius 1 is 1.50 bits per heavy atom. The first-order chi connectivity index (χ1) is 9.28. The summed E-state index contributed by atoms with van der Waals surface area (Å²) in [7, 11) is 0. The first kappa shape index (κ1) is 15.6. The summed E-state index contributed by atoms with van der Waals surface area (Å²) in [5, 5.41) is 13.1. The van der Waals surface area contributed by atoms with E-state index in [0.717, 1.165) is 0 Å². The van der Waals surface area contributed by atoms with Crippen LogP contribution in [0.25, 0.3) is 6.08 Å². The lowest BCUT2D eigenvalue weighted by atomic mass is 10.2. The highest BCUT2D eigenvalue weighted by Gasteiger charge is 2.14. The summed E-state index contributed by atoms with van der Waals surface area (Å²) < 4.78 is 5.05. The molecule has 0 aliphatic heterocycles. The Morgan fingerprint density at radius 2 is 2.20 bits per heavy atom. The largest absolute Gasteiger partial charge is 0.444 e. The number of nitrogens with one attached hydrogen (secondary N) is 1. The van der Waals surface area contributed by atoms with E-state index in [2.05, 4.69) is 10.3 Å². The number of ether oxygens (including phenoxy) is 1. The van der Waals surface area contributed by atoms with Crippen molar-refractivity contribution >= 4 is 17.9 Å². The predicted molar refractivity (Wildman–Crippen MR) is 74.2 cm³/mol. The van der Waals surface area contributed by atoms with E-state index in [4.69, 9.17) is 4.74 Å². The van der Waals surface area contributed by atoms with Crippen molar-refractivity contribution in [2.24, 2.45) is 0 Å². The first-order valence-electron chi connectivity index (χ1n) is 6.01. The fourth-order valence-corrected chi connectivity index (χ4v) is 1.29. The van der Waals surface area contributed by atoms with E-state index in [9.17, 15) is 14.9 Å². The lowest BCUT2D eigenvalue weighted by Crippen LogP contribution is -2.32. The lowest BCUT2D eigenvalue weighted by Gasteiger charge is -2.19. The predicted octanol–water partition coefficient (Wildman–Crippen LogP) is 2.53. The number of rotatable bonds is 4. The van der Waals surface area contributed by atoms with Gasteiger partial charge in [-0.3, -0.25) is 15.1 Å². The van der Waals surface area contributed by atoms with Gasteiger partial charge in [-0.25, -0.2) is 4.79 Å². The Labute approximate surface area is 116 Å². The minimum atomic E-state index is -0.544. The maximum absolute atomic E-state index is 11.3. The Kier molecular flexibility index (Phi) is 5.19. The number of aromatic nitrogens is 1. The molecular formula is C13H17N3O4. The molecule has 1 N–H and O–H groups in total. The molecule has 0 unspecified atom stereocenters. The van der Waals surface area contributed by atoms with Gasteiger partial charge >= 0.3 is 6.09 Å². The highest BCUT2D eigenvalue weighted by Crippen LogP contribution is 2.11. The smallest absolute Gasteiger partial charge is 0.407 e. The molecule has 0 aliphatic carbocycles. The van der Waals surface area contributed by atoms with Gasteiger partial charge in [0.25, 0.3) is 5.69 Å². The van der Waals surface area contributed by atoms with Gasteiger partial charge in [-0.2, -0.15) is 0 Å². The summed E-state index contributed by atoms with van der Waals surface area (Å²) in [6, 6.07) is 1.40. The molecule has 1 heterocycles. The third kappa shape index (κ3) is 5.94. The number of hydrogen-bond donors (Lipinski definition) is 1. The summed E-state index contributed by atoms with van der Waals surface area (Å²) in [6.45, 7) is 5.59. The van der Waals surface area contributed by atoms with Crippen LogP contribution in [0.1, 0.15) is 26.3 Å². The second-order valence-corrected chi connectivity index (χ2v) is 5.02. The summed E-state index contributed by atoms with van der Waals surface area (Å²) in [4.78, 5) is 25.2. The number of pyridine rings is 1. The number of nitro groups is 1. The summed E-state index contributed by atoms with van der Waals surface area (Å²) in [5.74, 6) is 0. The molecule has 108 valence electrons. The van der Waals surface area contributed by atoms with Gasteiger partial charge in [0.05, 0.1) is 4.92 Å². The van der Waals surface area contributed by atoms with Crippen molar-refractivity contribution in [3.8, 4) is 0 Å². The van der Waals surface area contributed by atoms with Gasteiger partial charge in [-0.05, 0) is 26.3 Å². The third-order valence-corrected chi connectivity index (χ3v) is 2.03. The van der Waals surface area contributed by atoms with Gasteiger partial charge in [-0.1, -0.05) is 12.2 Å². The molecule has 1 aromatic rings. The molecule has 0 spiro atoms. The lowest BCUT2D eigenvalue weighted by molar-refractivity contribution is -0.385. The number of hydrogen-bond acceptors (Lipinski definition) is 5. The van der Waals surface area contributed by atoms with Gasteiger partial charge in [0.15, 0.2) is 0 Å². The van der Waals surface area contributed by atoms with Crippen molar-refractivity contribution < 1.29 is 14.5 Å². The van der Waals surface area contributed by atoms with Crippen LogP contribution in [0.3, 0.4) is 0 Å². The van der Waals surface area contributed by atoms with Crippen molar-refractivity contribution in [2.75, 3.05) is 6.54 Å². The van der Waals surface area contributed by atoms with Crippen molar-refractivity contribution in [3.63, 3.8) is 0 Å². The minimum Gasteiger partial charge on any atom is -0.444 e. The van der Waals surface area contributed by atoms with Gasteiger partial charge < -0.3 is 10.1 Å². The quantitative estimate of drug-likeness (QED) is 0.675. The number of carbonyl (C=O) groups is 1. The molecule has 20 heavy (non-hydrogen) atoms. The van der Waals surface area contributed by atoms with Gasteiger partial charge in [0.1, 0.15) is 11.8 Å². The van der Waals surface area contributed by atoms with Crippen LogP contribution in [0.4, 0.5) is 10.5 Å². The number of carbonyl (C=O) groups excluding carboxylic acids is 1. The molecule has 7 nitrogen and oxygen atoms in total. The summed E-state index contributed by atoms with van der Waals surface area (Å²) >= 11 is 0. The minimum absolute atomic E-state index is 0.0766. The van der Waals surface area contributed by atoms with E-state index < -0.39 is 16.6 Å². The number of nitrogens with zero attached hydrogens (tertiary/aromatic N) is 2. The Bertz CT molecular complexity index is 521. The maximum atomic E-state index is 11.3. The topological polar surface area (TPSA) is 94.4 Å². The molecule has 0 fully saturated rings. The molecule has 0 atom stereocenters. The molecule has 0 radical (unpaired) electrons. The van der Waals surface area contributed by atoms with Crippen LogP contribution in [0, 0.1) is 10.1 Å². The van der Waals surface area contributed by atoms with Crippen molar-refractivity contribution in [1.29, 1.82) is 0 Å². The third-order valence-electron chi connectivity index (χ3n) is 2.03. The molecular weight excluding hydrogens is 262 g/mol. The molecule has 0 bridgehead atoms. The van der Waals surface area contributed by atoms with E-state index in [1.54, 1.807) is 32.9 Å². The zero-order chi connectivity index (χ0) is 15.2. The zero-order valence-corrected chi connectivity index (χ0v) is 11.6. The molecule has 0 aliphatic rings. The van der Waals surface area contributed by atoms with E-state index in [1.807, 2.05) is 0 Å². The molecule has 0 saturated carbocycles. The monoisotopic (exact) mass is 279 g/mol. The molecule has 7 heteroatoms. The van der Waals surface area contributed by atoms with E-state index >= 15 is 0 Å². The average Bonchev–Trinajstić information content (AvgIpc) is 2.33. The van der Waals surface area contributed by atoms with E-state index in [0.29, 0.717) is 5.56 Å². The van der Waals surface area contributed by atoms with Crippen LogP contribution in [0.15, 0.2) is 24.5 Å². The van der Waals surface area contributed by atoms with Crippen molar-refractivity contribution in [2.45, 2.75) is 26.4 Å². The van der Waals surface area contributed by atoms with Crippen LogP contribution >= 0.6 is 0 Å². The van der Waals surface area contributed by atoms with Crippen LogP contribution in [-0.2, 0) is 4.74 Å². The fourth-order valence-electron chi connectivity index (χ4n) is 1.29. The SMILES string of the molecule is CC(C)(C)OC(=O)NC/C=C/c1cncc([N+](=O)[O-])c1. The number of alkyl carbamates (subject to hydrolysis) is 1. The highest BCUT2D eigenvalue weighted by molar-refractivity contribution is 5.68. The second-order valence-electron chi connectivity index (χ2n) is 5.02. The summed E-state index contributed by atoms with van der Waals surface area (Å²) in [6.07, 6.45) is 5.45. The average molecular weight is 279 g/mol. The normalized spacial score (nSPS) is 11.3. The Morgan fingerprint density at radius 3 is 2.80 bits per heavy atom. The number of amides is 1. The van der Waals surface area contributed by atoms with Crippen molar-refractivity contribution in [3.05, 3.63) is 40.2 Å². The molecule has 1 aromatic heterocycles. The van der Waals surface area contributed by atoms with Gasteiger partial charge in [0, 0.05) is 18.8 Å². The molecule has 0 aromatic carbocycles. The summed E-state index contributed by atoms with van der Waals surface area (Å²) in [5.41, 5.74) is -0.0324. The van der Waals surface area contributed by atoms with Gasteiger partial charge in [0.2, 0.25) is 0 Å². The van der Waals surface area contributed by atoms with Gasteiger partial charge in [-0.15, -0.1) is 0 Å². The highest BCUT2D eigenvalue weighted by atomic mass is 16.6. The molecule has 1 rings (SSSR count). The van der Waals surface area contributed by atoms with Crippen LogP contribution in [0.2, 0.25) is 0 Å². The Balaban J connectivity index is 2.47.